The van der Waals surface area contributed by atoms with E-state index in [0.717, 1.165) is 11.8 Å². The van der Waals surface area contributed by atoms with Crippen LogP contribution in [0.5, 0.6) is 0 Å². The third-order valence-corrected chi connectivity index (χ3v) is 7.61. The predicted molar refractivity (Wildman–Crippen MR) is 101 cm³/mol. The van der Waals surface area contributed by atoms with Gasteiger partial charge in [0, 0.05) is 9.72 Å². The molecule has 8 nitrogen and oxygen atoms in total. The number of sulfone groups is 1. The molecule has 146 valence electrons. The number of carbonyl (C=O) groups excluding carboxylic acids is 1. The third-order valence-electron chi connectivity index (χ3n) is 3.91. The highest BCUT2D eigenvalue weighted by Crippen LogP contribution is 2.42. The predicted octanol–water partition coefficient (Wildman–Crippen LogP) is 1.29. The van der Waals surface area contributed by atoms with Crippen LogP contribution in [0.2, 0.25) is 0 Å². The molecule has 3 rings (SSSR count). The van der Waals surface area contributed by atoms with Gasteiger partial charge in [-0.05, 0) is 18.2 Å². The average molecular weight is 481 g/mol. The van der Waals surface area contributed by atoms with Gasteiger partial charge < -0.3 is 14.7 Å². The van der Waals surface area contributed by atoms with E-state index in [9.17, 15) is 22.4 Å². The summed E-state index contributed by atoms with van der Waals surface area (Å²) in [6.45, 7) is -1.18. The molecule has 0 aromatic heterocycles. The number of benzene rings is 1. The Labute approximate surface area is 166 Å². The second kappa shape index (κ2) is 7.86. The van der Waals surface area contributed by atoms with E-state index in [4.69, 9.17) is 9.84 Å². The maximum absolute atomic E-state index is 14.5. The fourth-order valence-corrected chi connectivity index (χ4v) is 7.14. The number of hydrogen-bond acceptors (Lipinski definition) is 6. The number of carboxylic acid groups (broad SMARTS) is 1. The Morgan fingerprint density at radius 2 is 2.11 bits per heavy atom. The van der Waals surface area contributed by atoms with Gasteiger partial charge in [0.2, 0.25) is 0 Å². The van der Waals surface area contributed by atoms with Crippen LogP contribution in [0.15, 0.2) is 27.7 Å². The lowest BCUT2D eigenvalue weighted by atomic mass is 10.2. The molecule has 0 bridgehead atoms. The maximum atomic E-state index is 14.5. The lowest BCUT2D eigenvalue weighted by Crippen LogP contribution is -2.38. The van der Waals surface area contributed by atoms with Crippen molar-refractivity contribution in [3.63, 3.8) is 0 Å². The first-order chi connectivity index (χ1) is 12.7. The minimum absolute atomic E-state index is 0.0836. The van der Waals surface area contributed by atoms with Gasteiger partial charge in [0.1, 0.15) is 19.0 Å². The Morgan fingerprint density at radius 3 is 2.78 bits per heavy atom. The average Bonchev–Trinajstić information content (AvgIpc) is 2.98. The Balaban J connectivity index is 1.89. The zero-order valence-corrected chi connectivity index (χ0v) is 16.9. The van der Waals surface area contributed by atoms with Crippen molar-refractivity contribution in [2.75, 3.05) is 29.6 Å². The van der Waals surface area contributed by atoms with Crippen molar-refractivity contribution in [1.29, 1.82) is 0 Å². The number of amides is 1. The van der Waals surface area contributed by atoms with Crippen molar-refractivity contribution >= 4 is 60.3 Å². The summed E-state index contributed by atoms with van der Waals surface area (Å²) in [6.07, 6.45) is 0. The fraction of sp³-hybridized carbons (Fsp3) is 0.400. The van der Waals surface area contributed by atoms with E-state index in [0.29, 0.717) is 4.47 Å². The molecule has 0 aliphatic carbocycles. The summed E-state index contributed by atoms with van der Waals surface area (Å²) in [4.78, 5) is 27.7. The molecule has 2 atom stereocenters. The summed E-state index contributed by atoms with van der Waals surface area (Å²) >= 11 is 4.26. The van der Waals surface area contributed by atoms with Gasteiger partial charge in [0.15, 0.2) is 15.0 Å². The monoisotopic (exact) mass is 480 g/mol. The van der Waals surface area contributed by atoms with Crippen LogP contribution in [0.3, 0.4) is 0 Å². The highest BCUT2D eigenvalue weighted by Gasteiger charge is 2.50. The number of ether oxygens (including phenoxy) is 1. The number of carbonyl (C=O) groups is 2. The first-order valence-corrected chi connectivity index (χ1v) is 11.2. The molecule has 1 N–H and O–H groups in total. The number of halogens is 2. The van der Waals surface area contributed by atoms with Gasteiger partial charge >= 0.3 is 5.97 Å². The molecule has 0 saturated carbocycles. The summed E-state index contributed by atoms with van der Waals surface area (Å²) in [6, 6.07) is 3.79. The van der Waals surface area contributed by atoms with Crippen LogP contribution in [-0.2, 0) is 24.2 Å². The molecule has 2 saturated heterocycles. The summed E-state index contributed by atoms with van der Waals surface area (Å²) in [5, 5.41) is 8.33. The molecule has 0 spiro atoms. The minimum atomic E-state index is -3.27. The fourth-order valence-electron chi connectivity index (χ4n) is 2.89. The zero-order chi connectivity index (χ0) is 19.8. The SMILES string of the molecule is O=C(O)COCC(=O)N=C1S[C@H]2CS(=O)(=O)C[C@@H]2N1c1ccc(Br)cc1F. The van der Waals surface area contributed by atoms with Crippen molar-refractivity contribution in [2.24, 2.45) is 4.99 Å². The van der Waals surface area contributed by atoms with Gasteiger partial charge in [0.25, 0.3) is 5.91 Å². The highest BCUT2D eigenvalue weighted by atomic mass is 79.9. The van der Waals surface area contributed by atoms with Crippen LogP contribution in [0.25, 0.3) is 0 Å². The third kappa shape index (κ3) is 4.68. The number of fused-ring (bicyclic) bond motifs is 1. The van der Waals surface area contributed by atoms with Crippen molar-refractivity contribution in [2.45, 2.75) is 11.3 Å². The Morgan fingerprint density at radius 1 is 1.37 bits per heavy atom. The normalized spacial score (nSPS) is 25.0. The van der Waals surface area contributed by atoms with Gasteiger partial charge in [-0.1, -0.05) is 27.7 Å². The Kier molecular flexibility index (Phi) is 5.89. The molecule has 0 unspecified atom stereocenters. The number of hydrogen-bond donors (Lipinski definition) is 1. The number of carboxylic acids is 1. The van der Waals surface area contributed by atoms with Crippen LogP contribution in [0, 0.1) is 5.82 Å². The standard InChI is InChI=1S/C15H14BrFN2O6S2/c16-8-1-2-10(9(17)3-8)19-11-6-27(23,24)7-12(11)26-15(19)18-13(20)4-25-5-14(21)22/h1-3,11-12H,4-7H2,(H,21,22)/t11-,12-/m0/s1. The molecule has 1 aromatic rings. The van der Waals surface area contributed by atoms with E-state index in [2.05, 4.69) is 20.9 Å². The highest BCUT2D eigenvalue weighted by molar-refractivity contribution is 9.10. The molecule has 0 radical (unpaired) electrons. The van der Waals surface area contributed by atoms with Crippen LogP contribution < -0.4 is 4.90 Å². The number of anilines is 1. The van der Waals surface area contributed by atoms with Crippen LogP contribution >= 0.6 is 27.7 Å². The van der Waals surface area contributed by atoms with E-state index in [1.165, 1.54) is 17.0 Å². The van der Waals surface area contributed by atoms with E-state index >= 15 is 0 Å². The molecule has 27 heavy (non-hydrogen) atoms. The molecule has 1 aromatic carbocycles. The van der Waals surface area contributed by atoms with E-state index in [1.54, 1.807) is 6.07 Å². The Hall–Kier alpha value is -1.50. The lowest BCUT2D eigenvalue weighted by molar-refractivity contribution is -0.143. The second-order valence-electron chi connectivity index (χ2n) is 5.94. The largest absolute Gasteiger partial charge is 0.480 e. The molecule has 12 heteroatoms. The number of aliphatic carboxylic acids is 1. The summed E-state index contributed by atoms with van der Waals surface area (Å²) in [7, 11) is -3.27. The minimum Gasteiger partial charge on any atom is -0.480 e. The van der Waals surface area contributed by atoms with Crippen molar-refractivity contribution in [1.82, 2.24) is 0 Å². The number of rotatable bonds is 5. The number of thioether (sulfide) groups is 1. The lowest BCUT2D eigenvalue weighted by Gasteiger charge is -2.25. The van der Waals surface area contributed by atoms with E-state index in [1.807, 2.05) is 0 Å². The van der Waals surface area contributed by atoms with Gasteiger partial charge in [0.05, 0.1) is 23.2 Å². The number of aliphatic imine (C=N–C) groups is 1. The molecule has 2 aliphatic heterocycles. The second-order valence-corrected chi connectivity index (χ2v) is 10.2. The van der Waals surface area contributed by atoms with E-state index < -0.39 is 46.8 Å². The summed E-state index contributed by atoms with van der Waals surface area (Å²) < 4.78 is 43.7. The van der Waals surface area contributed by atoms with Gasteiger partial charge in [-0.15, -0.1) is 0 Å². The zero-order valence-electron chi connectivity index (χ0n) is 13.7. The first-order valence-electron chi connectivity index (χ1n) is 7.69. The van der Waals surface area contributed by atoms with Crippen molar-refractivity contribution < 1.29 is 32.2 Å². The van der Waals surface area contributed by atoms with Crippen molar-refractivity contribution in [3.8, 4) is 0 Å². The number of amidine groups is 1. The molecule has 1 amide bonds. The first kappa shape index (κ1) is 20.2. The molecular formula is C15H14BrFN2O6S2. The van der Waals surface area contributed by atoms with Crippen LogP contribution in [0.1, 0.15) is 0 Å². The van der Waals surface area contributed by atoms with Gasteiger partial charge in [-0.3, -0.25) is 4.79 Å². The molecular weight excluding hydrogens is 467 g/mol. The van der Waals surface area contributed by atoms with Crippen LogP contribution in [0.4, 0.5) is 10.1 Å². The maximum Gasteiger partial charge on any atom is 0.329 e. The quantitative estimate of drug-likeness (QED) is 0.670. The van der Waals surface area contributed by atoms with E-state index in [-0.39, 0.29) is 27.6 Å². The molecule has 2 aliphatic rings. The van der Waals surface area contributed by atoms with Crippen molar-refractivity contribution in [3.05, 3.63) is 28.5 Å². The molecule has 2 heterocycles. The smallest absolute Gasteiger partial charge is 0.329 e. The Bertz CT molecular complexity index is 923. The topological polar surface area (TPSA) is 113 Å². The summed E-state index contributed by atoms with van der Waals surface area (Å²) in [5.74, 6) is -2.78. The molecule has 2 fully saturated rings. The number of nitrogens with zero attached hydrogens (tertiary/aromatic N) is 2. The summed E-state index contributed by atoms with van der Waals surface area (Å²) in [5.41, 5.74) is 0.119. The van der Waals surface area contributed by atoms with Gasteiger partial charge in [-0.2, -0.15) is 4.99 Å². The van der Waals surface area contributed by atoms with Gasteiger partial charge in [-0.25, -0.2) is 17.6 Å². The van der Waals surface area contributed by atoms with Crippen LogP contribution in [-0.4, -0.2) is 66.6 Å².